The van der Waals surface area contributed by atoms with E-state index in [1.807, 2.05) is 39.0 Å². The Hall–Kier alpha value is -3.15. The van der Waals surface area contributed by atoms with Gasteiger partial charge in [0, 0.05) is 29.4 Å². The van der Waals surface area contributed by atoms with Crippen LogP contribution in [0.2, 0.25) is 0 Å². The first-order valence-corrected chi connectivity index (χ1v) is 9.95. The van der Waals surface area contributed by atoms with E-state index >= 15 is 0 Å². The molecule has 2 aromatic rings. The normalized spacial score (nSPS) is 16.0. The van der Waals surface area contributed by atoms with E-state index in [1.165, 1.54) is 0 Å². The third kappa shape index (κ3) is 4.83. The molecule has 1 saturated heterocycles. The largest absolute Gasteiger partial charge is 0.352 e. The van der Waals surface area contributed by atoms with Gasteiger partial charge < -0.3 is 15.5 Å². The molecule has 0 spiro atoms. The molecule has 0 bridgehead atoms. The van der Waals surface area contributed by atoms with E-state index < -0.39 is 6.04 Å². The lowest BCUT2D eigenvalue weighted by Gasteiger charge is -2.25. The van der Waals surface area contributed by atoms with E-state index in [9.17, 15) is 14.4 Å². The van der Waals surface area contributed by atoms with Gasteiger partial charge in [0.2, 0.25) is 5.91 Å². The van der Waals surface area contributed by atoms with Gasteiger partial charge in [0.05, 0.1) is 0 Å². The average molecular weight is 393 g/mol. The zero-order valence-corrected chi connectivity index (χ0v) is 17.1. The second-order valence-electron chi connectivity index (χ2n) is 7.67. The fourth-order valence-electron chi connectivity index (χ4n) is 3.55. The van der Waals surface area contributed by atoms with Crippen molar-refractivity contribution in [3.63, 3.8) is 0 Å². The van der Waals surface area contributed by atoms with Crippen molar-refractivity contribution in [3.05, 3.63) is 65.2 Å². The van der Waals surface area contributed by atoms with Crippen LogP contribution in [0.15, 0.2) is 48.5 Å². The number of aryl methyl sites for hydroxylation is 1. The van der Waals surface area contributed by atoms with Crippen LogP contribution in [0.4, 0.5) is 5.69 Å². The highest BCUT2D eigenvalue weighted by molar-refractivity contribution is 6.05. The topological polar surface area (TPSA) is 78.5 Å². The van der Waals surface area contributed by atoms with Gasteiger partial charge in [-0.05, 0) is 69.5 Å². The molecule has 1 aliphatic rings. The molecule has 3 amide bonds. The molecule has 6 nitrogen and oxygen atoms in total. The summed E-state index contributed by atoms with van der Waals surface area (Å²) in [5.74, 6) is -0.455. The molecule has 1 heterocycles. The van der Waals surface area contributed by atoms with Crippen molar-refractivity contribution in [2.45, 2.75) is 45.7 Å². The van der Waals surface area contributed by atoms with Gasteiger partial charge in [0.1, 0.15) is 6.04 Å². The summed E-state index contributed by atoms with van der Waals surface area (Å²) in [6.45, 7) is 6.27. The Balaban J connectivity index is 1.68. The van der Waals surface area contributed by atoms with Gasteiger partial charge in [0.15, 0.2) is 0 Å². The van der Waals surface area contributed by atoms with E-state index in [-0.39, 0.29) is 23.8 Å². The van der Waals surface area contributed by atoms with Crippen molar-refractivity contribution >= 4 is 23.4 Å². The minimum Gasteiger partial charge on any atom is -0.352 e. The third-order valence-corrected chi connectivity index (χ3v) is 5.03. The molecule has 0 aliphatic carbocycles. The standard InChI is InChI=1S/C23H27N3O3/c1-15(2)24-22(28)20-9-6-14-26(20)23(29)17-10-12-18(13-11-17)25-21(27)19-8-5-4-7-16(19)3/h4-5,7-8,10-13,15,20H,6,9,14H2,1-3H3,(H,24,28)(H,25,27). The van der Waals surface area contributed by atoms with Crippen LogP contribution in [0.1, 0.15) is 53.0 Å². The maximum absolute atomic E-state index is 12.9. The fourth-order valence-corrected chi connectivity index (χ4v) is 3.55. The van der Waals surface area contributed by atoms with E-state index in [0.29, 0.717) is 29.8 Å². The van der Waals surface area contributed by atoms with Crippen molar-refractivity contribution in [2.24, 2.45) is 0 Å². The number of carbonyl (C=O) groups excluding carboxylic acids is 3. The number of hydrogen-bond donors (Lipinski definition) is 2. The number of hydrogen-bond acceptors (Lipinski definition) is 3. The van der Waals surface area contributed by atoms with Crippen LogP contribution < -0.4 is 10.6 Å². The van der Waals surface area contributed by atoms with Crippen LogP contribution in [0, 0.1) is 6.92 Å². The molecule has 2 N–H and O–H groups in total. The summed E-state index contributed by atoms with van der Waals surface area (Å²) in [5, 5.41) is 5.75. The van der Waals surface area contributed by atoms with Crippen molar-refractivity contribution in [3.8, 4) is 0 Å². The predicted molar refractivity (Wildman–Crippen MR) is 113 cm³/mol. The Labute approximate surface area is 171 Å². The summed E-state index contributed by atoms with van der Waals surface area (Å²) in [4.78, 5) is 39.4. The number of likely N-dealkylation sites (tertiary alicyclic amines) is 1. The van der Waals surface area contributed by atoms with Gasteiger partial charge in [0.25, 0.3) is 11.8 Å². The SMILES string of the molecule is Cc1ccccc1C(=O)Nc1ccc(C(=O)N2CCCC2C(=O)NC(C)C)cc1. The molecule has 2 aromatic carbocycles. The zero-order chi connectivity index (χ0) is 21.0. The second kappa shape index (κ2) is 8.90. The van der Waals surface area contributed by atoms with E-state index in [4.69, 9.17) is 0 Å². The molecule has 1 aliphatic heterocycles. The number of rotatable bonds is 5. The summed E-state index contributed by atoms with van der Waals surface area (Å²) in [7, 11) is 0. The number of anilines is 1. The second-order valence-corrected chi connectivity index (χ2v) is 7.67. The molecule has 0 radical (unpaired) electrons. The molecule has 0 aromatic heterocycles. The lowest BCUT2D eigenvalue weighted by Crippen LogP contribution is -2.47. The van der Waals surface area contributed by atoms with E-state index in [2.05, 4.69) is 10.6 Å². The third-order valence-electron chi connectivity index (χ3n) is 5.03. The summed E-state index contributed by atoms with van der Waals surface area (Å²) < 4.78 is 0. The monoisotopic (exact) mass is 393 g/mol. The Kier molecular flexibility index (Phi) is 6.32. The first-order valence-electron chi connectivity index (χ1n) is 9.95. The molecule has 0 saturated carbocycles. The Morgan fingerprint density at radius 3 is 2.38 bits per heavy atom. The first-order chi connectivity index (χ1) is 13.9. The van der Waals surface area contributed by atoms with Gasteiger partial charge >= 0.3 is 0 Å². The van der Waals surface area contributed by atoms with Crippen LogP contribution in [-0.4, -0.2) is 41.2 Å². The molecule has 1 fully saturated rings. The molecular weight excluding hydrogens is 366 g/mol. The molecular formula is C23H27N3O3. The quantitative estimate of drug-likeness (QED) is 0.817. The maximum atomic E-state index is 12.9. The van der Waals surface area contributed by atoms with Gasteiger partial charge in [-0.1, -0.05) is 18.2 Å². The number of benzene rings is 2. The molecule has 1 unspecified atom stereocenters. The van der Waals surface area contributed by atoms with Gasteiger partial charge in [-0.2, -0.15) is 0 Å². The van der Waals surface area contributed by atoms with Gasteiger partial charge in [-0.25, -0.2) is 0 Å². The van der Waals surface area contributed by atoms with E-state index in [1.54, 1.807) is 35.2 Å². The Morgan fingerprint density at radius 2 is 1.72 bits per heavy atom. The number of amides is 3. The van der Waals surface area contributed by atoms with Crippen LogP contribution in [0.3, 0.4) is 0 Å². The Morgan fingerprint density at radius 1 is 1.03 bits per heavy atom. The lowest BCUT2D eigenvalue weighted by molar-refractivity contribution is -0.125. The maximum Gasteiger partial charge on any atom is 0.255 e. The summed E-state index contributed by atoms with van der Waals surface area (Å²) in [6, 6.07) is 13.8. The molecule has 29 heavy (non-hydrogen) atoms. The molecule has 152 valence electrons. The van der Waals surface area contributed by atoms with Crippen molar-refractivity contribution in [1.82, 2.24) is 10.2 Å². The highest BCUT2D eigenvalue weighted by atomic mass is 16.2. The minimum absolute atomic E-state index is 0.0381. The number of nitrogens with one attached hydrogen (secondary N) is 2. The predicted octanol–water partition coefficient (Wildman–Crippen LogP) is 3.38. The minimum atomic E-state index is -0.426. The van der Waals surface area contributed by atoms with Crippen molar-refractivity contribution in [2.75, 3.05) is 11.9 Å². The highest BCUT2D eigenvalue weighted by Crippen LogP contribution is 2.22. The summed E-state index contributed by atoms with van der Waals surface area (Å²) >= 11 is 0. The van der Waals surface area contributed by atoms with Crippen LogP contribution >= 0.6 is 0 Å². The first kappa shape index (κ1) is 20.6. The Bertz CT molecular complexity index is 906. The summed E-state index contributed by atoms with van der Waals surface area (Å²) in [5.41, 5.74) is 2.63. The molecule has 3 rings (SSSR count). The van der Waals surface area contributed by atoms with Crippen LogP contribution in [0.25, 0.3) is 0 Å². The van der Waals surface area contributed by atoms with Crippen molar-refractivity contribution in [1.29, 1.82) is 0 Å². The van der Waals surface area contributed by atoms with Gasteiger partial charge in [-0.3, -0.25) is 14.4 Å². The number of nitrogens with zero attached hydrogens (tertiary/aromatic N) is 1. The van der Waals surface area contributed by atoms with Crippen molar-refractivity contribution < 1.29 is 14.4 Å². The smallest absolute Gasteiger partial charge is 0.255 e. The fraction of sp³-hybridized carbons (Fsp3) is 0.348. The molecule has 6 heteroatoms. The summed E-state index contributed by atoms with van der Waals surface area (Å²) in [6.07, 6.45) is 1.49. The van der Waals surface area contributed by atoms with Crippen LogP contribution in [-0.2, 0) is 4.79 Å². The molecule has 1 atom stereocenters. The number of carbonyl (C=O) groups is 3. The van der Waals surface area contributed by atoms with Gasteiger partial charge in [-0.15, -0.1) is 0 Å². The zero-order valence-electron chi connectivity index (χ0n) is 17.1. The average Bonchev–Trinajstić information content (AvgIpc) is 3.18. The highest BCUT2D eigenvalue weighted by Gasteiger charge is 2.34. The lowest BCUT2D eigenvalue weighted by atomic mass is 10.1. The van der Waals surface area contributed by atoms with Crippen LogP contribution in [0.5, 0.6) is 0 Å². The van der Waals surface area contributed by atoms with E-state index in [0.717, 1.165) is 12.0 Å².